The summed E-state index contributed by atoms with van der Waals surface area (Å²) in [4.78, 5) is 0. The zero-order chi connectivity index (χ0) is 12.6. The Morgan fingerprint density at radius 3 is 2.59 bits per heavy atom. The molecule has 0 radical (unpaired) electrons. The van der Waals surface area contributed by atoms with Gasteiger partial charge in [0.25, 0.3) is 0 Å². The van der Waals surface area contributed by atoms with Crippen LogP contribution in [0.2, 0.25) is 0 Å². The first kappa shape index (κ1) is 12.0. The lowest BCUT2D eigenvalue weighted by Crippen LogP contribution is -1.96. The summed E-state index contributed by atoms with van der Waals surface area (Å²) in [6.45, 7) is 2.02. The monoisotopic (exact) mass is 295 g/mol. The van der Waals surface area contributed by atoms with Crippen molar-refractivity contribution in [2.45, 2.75) is 6.92 Å². The quantitative estimate of drug-likeness (QED) is 0.927. The average Bonchev–Trinajstić information content (AvgIpc) is 2.62. The fourth-order valence-corrected chi connectivity index (χ4v) is 2.09. The van der Waals surface area contributed by atoms with Crippen LogP contribution in [0, 0.1) is 6.92 Å². The Bertz CT molecular complexity index is 544. The van der Waals surface area contributed by atoms with E-state index in [1.807, 2.05) is 32.2 Å². The molecular formula is C12H14BrN3O. The third-order valence-corrected chi connectivity index (χ3v) is 3.71. The van der Waals surface area contributed by atoms with Crippen molar-refractivity contribution < 1.29 is 4.74 Å². The van der Waals surface area contributed by atoms with E-state index < -0.39 is 0 Å². The number of aryl methyl sites for hydroxylation is 2. The van der Waals surface area contributed by atoms with Crippen molar-refractivity contribution in [3.63, 3.8) is 0 Å². The molecule has 17 heavy (non-hydrogen) atoms. The summed E-state index contributed by atoms with van der Waals surface area (Å²) in [7, 11) is 3.47. The van der Waals surface area contributed by atoms with Crippen molar-refractivity contribution >= 4 is 21.7 Å². The highest BCUT2D eigenvalue weighted by molar-refractivity contribution is 9.10. The van der Waals surface area contributed by atoms with Gasteiger partial charge in [0.2, 0.25) is 0 Å². The number of nitrogen functional groups attached to an aromatic ring is 1. The van der Waals surface area contributed by atoms with Gasteiger partial charge in [-0.05, 0) is 40.5 Å². The molecule has 0 aliphatic rings. The third-order valence-electron chi connectivity index (χ3n) is 2.66. The molecular weight excluding hydrogens is 282 g/mol. The van der Waals surface area contributed by atoms with Crippen molar-refractivity contribution in [3.8, 4) is 17.0 Å². The number of anilines is 1. The molecule has 90 valence electrons. The number of benzene rings is 1. The summed E-state index contributed by atoms with van der Waals surface area (Å²) in [5.74, 6) is 1.44. The van der Waals surface area contributed by atoms with E-state index in [0.29, 0.717) is 5.82 Å². The molecule has 4 nitrogen and oxygen atoms in total. The number of hydrogen-bond donors (Lipinski definition) is 1. The van der Waals surface area contributed by atoms with Crippen molar-refractivity contribution in [2.75, 3.05) is 12.8 Å². The van der Waals surface area contributed by atoms with Gasteiger partial charge in [-0.15, -0.1) is 0 Å². The maximum absolute atomic E-state index is 5.79. The lowest BCUT2D eigenvalue weighted by Gasteiger charge is -2.08. The minimum Gasteiger partial charge on any atom is -0.497 e. The molecule has 0 aliphatic heterocycles. The van der Waals surface area contributed by atoms with E-state index in [4.69, 9.17) is 10.5 Å². The maximum atomic E-state index is 5.79. The number of hydrogen-bond acceptors (Lipinski definition) is 3. The predicted octanol–water partition coefficient (Wildman–Crippen LogP) is 2.75. The van der Waals surface area contributed by atoms with Crippen molar-refractivity contribution in [2.24, 2.45) is 7.05 Å². The molecule has 1 aromatic carbocycles. The first-order valence-electron chi connectivity index (χ1n) is 5.17. The van der Waals surface area contributed by atoms with Gasteiger partial charge in [0, 0.05) is 23.2 Å². The van der Waals surface area contributed by atoms with E-state index in [9.17, 15) is 0 Å². The highest BCUT2D eigenvalue weighted by Gasteiger charge is 2.12. The molecule has 0 spiro atoms. The Balaban J connectivity index is 2.61. The number of nitrogens with zero attached hydrogens (tertiary/aromatic N) is 2. The maximum Gasteiger partial charge on any atom is 0.121 e. The molecule has 0 bridgehead atoms. The van der Waals surface area contributed by atoms with Crippen LogP contribution in [0.1, 0.15) is 5.56 Å². The van der Waals surface area contributed by atoms with E-state index >= 15 is 0 Å². The van der Waals surface area contributed by atoms with E-state index in [-0.39, 0.29) is 0 Å². The molecule has 5 heteroatoms. The molecule has 0 saturated heterocycles. The van der Waals surface area contributed by atoms with Crippen LogP contribution in [0.4, 0.5) is 5.82 Å². The molecule has 0 saturated carbocycles. The number of nitrogens with two attached hydrogens (primary N) is 1. The van der Waals surface area contributed by atoms with Gasteiger partial charge in [-0.25, -0.2) is 0 Å². The lowest BCUT2D eigenvalue weighted by molar-refractivity contribution is 0.414. The number of ether oxygens (including phenoxy) is 1. The molecule has 0 fully saturated rings. The zero-order valence-corrected chi connectivity index (χ0v) is 11.6. The van der Waals surface area contributed by atoms with Gasteiger partial charge in [0.15, 0.2) is 0 Å². The third kappa shape index (κ3) is 2.15. The van der Waals surface area contributed by atoms with Gasteiger partial charge in [0.1, 0.15) is 11.6 Å². The molecule has 2 N–H and O–H groups in total. The Morgan fingerprint density at radius 1 is 1.35 bits per heavy atom. The number of halogens is 1. The molecule has 2 aromatic rings. The molecule has 0 atom stereocenters. The summed E-state index contributed by atoms with van der Waals surface area (Å²) in [6, 6.07) is 5.76. The van der Waals surface area contributed by atoms with Crippen LogP contribution < -0.4 is 10.5 Å². The van der Waals surface area contributed by atoms with Gasteiger partial charge in [-0.3, -0.25) is 4.68 Å². The second kappa shape index (κ2) is 4.41. The SMILES string of the molecule is COc1cc(C)c(Br)c(-c2cc(N)n(C)n2)c1. The van der Waals surface area contributed by atoms with Crippen LogP contribution in [-0.2, 0) is 7.05 Å². The normalized spacial score (nSPS) is 10.6. The fourth-order valence-electron chi connectivity index (χ4n) is 1.65. The topological polar surface area (TPSA) is 53.1 Å². The highest BCUT2D eigenvalue weighted by Crippen LogP contribution is 2.34. The van der Waals surface area contributed by atoms with Crippen LogP contribution >= 0.6 is 15.9 Å². The summed E-state index contributed by atoms with van der Waals surface area (Å²) in [5.41, 5.74) is 8.70. The fraction of sp³-hybridized carbons (Fsp3) is 0.250. The first-order chi connectivity index (χ1) is 8.02. The Hall–Kier alpha value is -1.49. The summed E-state index contributed by atoms with van der Waals surface area (Å²) < 4.78 is 7.92. The Labute approximate surface area is 109 Å². The van der Waals surface area contributed by atoms with Crippen molar-refractivity contribution in [1.82, 2.24) is 9.78 Å². The zero-order valence-electron chi connectivity index (χ0n) is 9.99. The van der Waals surface area contributed by atoms with Crippen LogP contribution in [0.5, 0.6) is 5.75 Å². The van der Waals surface area contributed by atoms with Crippen LogP contribution in [-0.4, -0.2) is 16.9 Å². The van der Waals surface area contributed by atoms with E-state index in [0.717, 1.165) is 27.0 Å². The number of methoxy groups -OCH3 is 1. The lowest BCUT2D eigenvalue weighted by atomic mass is 10.1. The molecule has 2 rings (SSSR count). The van der Waals surface area contributed by atoms with E-state index in [1.165, 1.54) is 0 Å². The van der Waals surface area contributed by atoms with Gasteiger partial charge in [-0.2, -0.15) is 5.10 Å². The summed E-state index contributed by atoms with van der Waals surface area (Å²) in [6.07, 6.45) is 0. The van der Waals surface area contributed by atoms with Crippen molar-refractivity contribution in [1.29, 1.82) is 0 Å². The second-order valence-corrected chi connectivity index (χ2v) is 4.68. The summed E-state index contributed by atoms with van der Waals surface area (Å²) >= 11 is 3.57. The van der Waals surface area contributed by atoms with E-state index in [1.54, 1.807) is 11.8 Å². The molecule has 0 unspecified atom stereocenters. The van der Waals surface area contributed by atoms with E-state index in [2.05, 4.69) is 21.0 Å². The van der Waals surface area contributed by atoms with Crippen LogP contribution in [0.15, 0.2) is 22.7 Å². The largest absolute Gasteiger partial charge is 0.497 e. The van der Waals surface area contributed by atoms with Gasteiger partial charge >= 0.3 is 0 Å². The minimum absolute atomic E-state index is 0.632. The number of aromatic nitrogens is 2. The first-order valence-corrected chi connectivity index (χ1v) is 5.96. The predicted molar refractivity (Wildman–Crippen MR) is 72.0 cm³/mol. The highest BCUT2D eigenvalue weighted by atomic mass is 79.9. The molecule has 1 heterocycles. The van der Waals surface area contributed by atoms with Crippen LogP contribution in [0.25, 0.3) is 11.3 Å². The van der Waals surface area contributed by atoms with Crippen LogP contribution in [0.3, 0.4) is 0 Å². The minimum atomic E-state index is 0.632. The molecule has 1 aromatic heterocycles. The molecule has 0 amide bonds. The standard InChI is InChI=1S/C12H14BrN3O/c1-7-4-8(17-3)5-9(12(7)13)10-6-11(14)16(2)15-10/h4-6H,14H2,1-3H3. The van der Waals surface area contributed by atoms with Gasteiger partial charge in [0.05, 0.1) is 12.8 Å². The van der Waals surface area contributed by atoms with Gasteiger partial charge in [-0.1, -0.05) is 0 Å². The molecule has 0 aliphatic carbocycles. The average molecular weight is 296 g/mol. The second-order valence-electron chi connectivity index (χ2n) is 3.88. The summed E-state index contributed by atoms with van der Waals surface area (Å²) in [5, 5.41) is 4.36. The van der Waals surface area contributed by atoms with Crippen molar-refractivity contribution in [3.05, 3.63) is 28.2 Å². The Kier molecular flexibility index (Phi) is 3.11. The smallest absolute Gasteiger partial charge is 0.121 e. The Morgan fingerprint density at radius 2 is 2.06 bits per heavy atom. The number of rotatable bonds is 2. The van der Waals surface area contributed by atoms with Gasteiger partial charge < -0.3 is 10.5 Å².